The first-order valence-electron chi connectivity index (χ1n) is 11.3. The number of morpholine rings is 1. The van der Waals surface area contributed by atoms with Crippen LogP contribution in [0.25, 0.3) is 11.2 Å². The van der Waals surface area contributed by atoms with Crippen LogP contribution in [0, 0.1) is 0 Å². The summed E-state index contributed by atoms with van der Waals surface area (Å²) >= 11 is 0. The lowest BCUT2D eigenvalue weighted by Gasteiger charge is -2.26. The molecule has 0 unspecified atom stereocenters. The Morgan fingerprint density at radius 3 is 2.56 bits per heavy atom. The van der Waals surface area contributed by atoms with Crippen LogP contribution in [0.15, 0.2) is 30.6 Å². The van der Waals surface area contributed by atoms with E-state index in [9.17, 15) is 0 Å². The number of methoxy groups -OCH3 is 1. The lowest BCUT2D eigenvalue weighted by molar-refractivity contribution is 0.0398. The smallest absolute Gasteiger partial charge is 0.226 e. The van der Waals surface area contributed by atoms with Gasteiger partial charge in [-0.25, -0.2) is 4.98 Å². The van der Waals surface area contributed by atoms with Crippen LogP contribution in [-0.2, 0) is 11.2 Å². The molecule has 4 rings (SSSR count). The Kier molecular flexibility index (Phi) is 7.39. The largest absolute Gasteiger partial charge is 0.497 e. The Morgan fingerprint density at radius 2 is 1.84 bits per heavy atom. The van der Waals surface area contributed by atoms with Crippen LogP contribution in [0.1, 0.15) is 25.5 Å². The van der Waals surface area contributed by atoms with E-state index < -0.39 is 0 Å². The van der Waals surface area contributed by atoms with Crippen LogP contribution in [0.5, 0.6) is 5.75 Å². The van der Waals surface area contributed by atoms with E-state index in [1.165, 1.54) is 5.56 Å². The van der Waals surface area contributed by atoms with Crippen molar-refractivity contribution in [1.29, 1.82) is 0 Å². The van der Waals surface area contributed by atoms with E-state index in [0.29, 0.717) is 5.95 Å². The monoisotopic (exact) mass is 439 g/mol. The first-order chi connectivity index (χ1) is 15.6. The van der Waals surface area contributed by atoms with Crippen molar-refractivity contribution in [2.45, 2.75) is 26.3 Å². The van der Waals surface area contributed by atoms with Crippen molar-refractivity contribution in [1.82, 2.24) is 24.4 Å². The summed E-state index contributed by atoms with van der Waals surface area (Å²) in [5, 5.41) is 6.87. The predicted molar refractivity (Wildman–Crippen MR) is 127 cm³/mol. The summed E-state index contributed by atoms with van der Waals surface area (Å²) in [4.78, 5) is 16.5. The van der Waals surface area contributed by atoms with E-state index in [2.05, 4.69) is 51.1 Å². The molecular weight excluding hydrogens is 406 g/mol. The van der Waals surface area contributed by atoms with Gasteiger partial charge in [-0.15, -0.1) is 0 Å². The minimum Gasteiger partial charge on any atom is -0.497 e. The fourth-order valence-electron chi connectivity index (χ4n) is 3.76. The summed E-state index contributed by atoms with van der Waals surface area (Å²) in [6.45, 7) is 10.3. The van der Waals surface area contributed by atoms with Gasteiger partial charge >= 0.3 is 0 Å². The second-order valence-corrected chi connectivity index (χ2v) is 8.22. The topological polar surface area (TPSA) is 89.4 Å². The van der Waals surface area contributed by atoms with Crippen LogP contribution >= 0.6 is 0 Å². The number of benzene rings is 1. The average molecular weight is 440 g/mol. The fraction of sp³-hybridized carbons (Fsp3) is 0.522. The number of nitrogens with one attached hydrogen (secondary N) is 2. The normalized spacial score (nSPS) is 14.8. The summed E-state index contributed by atoms with van der Waals surface area (Å²) in [5.41, 5.74) is 2.88. The number of rotatable bonds is 10. The molecule has 2 N–H and O–H groups in total. The number of hydrogen-bond donors (Lipinski definition) is 2. The van der Waals surface area contributed by atoms with Gasteiger partial charge in [-0.2, -0.15) is 9.97 Å². The minimum atomic E-state index is 0.267. The van der Waals surface area contributed by atoms with Crippen LogP contribution in [0.4, 0.5) is 11.8 Å². The highest BCUT2D eigenvalue weighted by molar-refractivity contribution is 5.84. The molecule has 0 spiro atoms. The molecule has 0 atom stereocenters. The first kappa shape index (κ1) is 22.3. The number of ether oxygens (including phenoxy) is 2. The van der Waals surface area contributed by atoms with E-state index in [-0.39, 0.29) is 6.04 Å². The van der Waals surface area contributed by atoms with Gasteiger partial charge in [0.1, 0.15) is 5.75 Å². The van der Waals surface area contributed by atoms with Gasteiger partial charge < -0.3 is 24.7 Å². The van der Waals surface area contributed by atoms with Crippen molar-refractivity contribution in [2.75, 3.05) is 63.7 Å². The number of hydrogen-bond acceptors (Lipinski definition) is 8. The fourth-order valence-corrected chi connectivity index (χ4v) is 3.76. The molecule has 0 saturated carbocycles. The zero-order chi connectivity index (χ0) is 22.3. The molecule has 3 aromatic rings. The summed E-state index contributed by atoms with van der Waals surface area (Å²) in [6.07, 6.45) is 2.72. The van der Waals surface area contributed by atoms with Crippen LogP contribution in [-0.4, -0.2) is 77.5 Å². The van der Waals surface area contributed by atoms with Gasteiger partial charge in [0.25, 0.3) is 0 Å². The molecular formula is C23H33N7O2. The van der Waals surface area contributed by atoms with E-state index in [4.69, 9.17) is 19.4 Å². The zero-order valence-electron chi connectivity index (χ0n) is 19.2. The van der Waals surface area contributed by atoms with E-state index >= 15 is 0 Å². The van der Waals surface area contributed by atoms with Crippen LogP contribution in [0.3, 0.4) is 0 Å². The molecule has 1 aliphatic heterocycles. The third-order valence-corrected chi connectivity index (χ3v) is 5.66. The predicted octanol–water partition coefficient (Wildman–Crippen LogP) is 2.81. The van der Waals surface area contributed by atoms with Crippen molar-refractivity contribution in [2.24, 2.45) is 0 Å². The number of aromatic nitrogens is 4. The Morgan fingerprint density at radius 1 is 1.06 bits per heavy atom. The van der Waals surface area contributed by atoms with E-state index in [1.54, 1.807) is 7.11 Å². The lowest BCUT2D eigenvalue weighted by Crippen LogP contribution is -2.39. The van der Waals surface area contributed by atoms with Gasteiger partial charge in [0.15, 0.2) is 17.0 Å². The highest BCUT2D eigenvalue weighted by atomic mass is 16.5. The molecule has 0 amide bonds. The standard InChI is InChI=1S/C23H33N7O2/c1-17(2)30-16-26-20-21(24-9-8-18-4-6-19(31-3)7-5-18)27-23(28-22(20)30)25-10-11-29-12-14-32-15-13-29/h4-7,16-17H,8-15H2,1-3H3,(H2,24,25,27,28). The van der Waals surface area contributed by atoms with Gasteiger partial charge in [0.2, 0.25) is 5.95 Å². The molecule has 3 heterocycles. The molecule has 1 saturated heterocycles. The van der Waals surface area contributed by atoms with Crippen molar-refractivity contribution in [3.8, 4) is 5.75 Å². The average Bonchev–Trinajstić information content (AvgIpc) is 3.25. The van der Waals surface area contributed by atoms with Crippen molar-refractivity contribution in [3.05, 3.63) is 36.2 Å². The molecule has 172 valence electrons. The second kappa shape index (κ2) is 10.6. The maximum atomic E-state index is 5.42. The van der Waals surface area contributed by atoms with E-state index in [1.807, 2.05) is 18.5 Å². The van der Waals surface area contributed by atoms with Gasteiger partial charge in [-0.05, 0) is 38.0 Å². The maximum absolute atomic E-state index is 5.42. The third kappa shape index (κ3) is 5.46. The molecule has 1 fully saturated rings. The number of fused-ring (bicyclic) bond motifs is 1. The summed E-state index contributed by atoms with van der Waals surface area (Å²) < 4.78 is 12.7. The Hall–Kier alpha value is -2.91. The molecule has 2 aromatic heterocycles. The molecule has 1 aliphatic rings. The quantitative estimate of drug-likeness (QED) is 0.499. The summed E-state index contributed by atoms with van der Waals surface area (Å²) in [6, 6.07) is 8.41. The van der Waals surface area contributed by atoms with Gasteiger partial charge in [-0.1, -0.05) is 12.1 Å². The van der Waals surface area contributed by atoms with Crippen molar-refractivity contribution < 1.29 is 9.47 Å². The lowest BCUT2D eigenvalue weighted by atomic mass is 10.1. The SMILES string of the molecule is COc1ccc(CCNc2nc(NCCN3CCOCC3)nc3c2ncn3C(C)C)cc1. The van der Waals surface area contributed by atoms with E-state index in [0.717, 1.165) is 75.1 Å². The molecule has 0 aliphatic carbocycles. The molecule has 32 heavy (non-hydrogen) atoms. The number of anilines is 2. The summed E-state index contributed by atoms with van der Waals surface area (Å²) in [5.74, 6) is 2.25. The third-order valence-electron chi connectivity index (χ3n) is 5.66. The Balaban J connectivity index is 1.45. The van der Waals surface area contributed by atoms with Crippen molar-refractivity contribution >= 4 is 22.9 Å². The Bertz CT molecular complexity index is 997. The van der Waals surface area contributed by atoms with Crippen molar-refractivity contribution in [3.63, 3.8) is 0 Å². The molecule has 9 heteroatoms. The van der Waals surface area contributed by atoms with Crippen LogP contribution < -0.4 is 15.4 Å². The highest BCUT2D eigenvalue weighted by Gasteiger charge is 2.15. The highest BCUT2D eigenvalue weighted by Crippen LogP contribution is 2.23. The molecule has 0 bridgehead atoms. The molecule has 0 radical (unpaired) electrons. The number of imidazole rings is 1. The Labute approximate surface area is 189 Å². The van der Waals surface area contributed by atoms with Gasteiger partial charge in [-0.3, -0.25) is 4.90 Å². The minimum absolute atomic E-state index is 0.267. The second-order valence-electron chi connectivity index (χ2n) is 8.22. The zero-order valence-corrected chi connectivity index (χ0v) is 19.2. The number of nitrogens with zero attached hydrogens (tertiary/aromatic N) is 5. The summed E-state index contributed by atoms with van der Waals surface area (Å²) in [7, 11) is 1.68. The van der Waals surface area contributed by atoms with Gasteiger partial charge in [0, 0.05) is 38.8 Å². The first-order valence-corrected chi connectivity index (χ1v) is 11.3. The molecule has 1 aromatic carbocycles. The van der Waals surface area contributed by atoms with Crippen LogP contribution in [0.2, 0.25) is 0 Å². The van der Waals surface area contributed by atoms with Gasteiger partial charge in [0.05, 0.1) is 26.7 Å². The molecule has 9 nitrogen and oxygen atoms in total. The maximum Gasteiger partial charge on any atom is 0.226 e.